The van der Waals surface area contributed by atoms with Crippen molar-refractivity contribution in [1.82, 2.24) is 9.55 Å². The second-order valence-corrected chi connectivity index (χ2v) is 6.76. The van der Waals surface area contributed by atoms with Gasteiger partial charge in [0.25, 0.3) is 5.91 Å². The van der Waals surface area contributed by atoms with Crippen LogP contribution in [-0.4, -0.2) is 29.7 Å². The van der Waals surface area contributed by atoms with Gasteiger partial charge in [0.05, 0.1) is 25.6 Å². The molecule has 1 amide bonds. The summed E-state index contributed by atoms with van der Waals surface area (Å²) in [4.78, 5) is 17.6. The highest BCUT2D eigenvalue weighted by Gasteiger charge is 2.17. The van der Waals surface area contributed by atoms with Crippen molar-refractivity contribution >= 4 is 11.6 Å². The molecule has 0 atom stereocenters. The van der Waals surface area contributed by atoms with E-state index in [1.165, 1.54) is 12.8 Å². The Kier molecular flexibility index (Phi) is 5.02. The van der Waals surface area contributed by atoms with Crippen molar-refractivity contribution in [3.63, 3.8) is 0 Å². The van der Waals surface area contributed by atoms with Crippen LogP contribution in [0.2, 0.25) is 0 Å². The minimum Gasteiger partial charge on any atom is -0.493 e. The number of methoxy groups -OCH3 is 2. The Morgan fingerprint density at radius 1 is 1.07 bits per heavy atom. The number of anilines is 1. The van der Waals surface area contributed by atoms with Gasteiger partial charge in [-0.15, -0.1) is 0 Å². The summed E-state index contributed by atoms with van der Waals surface area (Å²) in [5, 5.41) is 3.01. The molecule has 0 saturated heterocycles. The van der Waals surface area contributed by atoms with E-state index in [-0.39, 0.29) is 5.91 Å². The van der Waals surface area contributed by atoms with Crippen molar-refractivity contribution < 1.29 is 14.3 Å². The molecule has 0 radical (unpaired) electrons. The quantitative estimate of drug-likeness (QED) is 0.725. The molecule has 28 heavy (non-hydrogen) atoms. The number of benzene rings is 2. The van der Waals surface area contributed by atoms with Gasteiger partial charge < -0.3 is 19.4 Å². The highest BCUT2D eigenvalue weighted by Crippen LogP contribution is 2.31. The Balaban J connectivity index is 1.62. The number of ether oxygens (including phenoxy) is 2. The number of rotatable bonds is 5. The van der Waals surface area contributed by atoms with E-state index in [2.05, 4.69) is 16.1 Å². The van der Waals surface area contributed by atoms with Gasteiger partial charge in [0.15, 0.2) is 11.5 Å². The number of imidazole rings is 1. The Hall–Kier alpha value is -3.28. The first kappa shape index (κ1) is 18.1. The molecule has 1 N–H and O–H groups in total. The van der Waals surface area contributed by atoms with E-state index in [0.717, 1.165) is 35.7 Å². The fourth-order valence-corrected chi connectivity index (χ4v) is 3.53. The Labute approximate surface area is 164 Å². The van der Waals surface area contributed by atoms with E-state index in [1.54, 1.807) is 32.4 Å². The number of hydrogen-bond acceptors (Lipinski definition) is 4. The lowest BCUT2D eigenvalue weighted by molar-refractivity contribution is 0.102. The van der Waals surface area contributed by atoms with Gasteiger partial charge in [-0.1, -0.05) is 18.2 Å². The van der Waals surface area contributed by atoms with Gasteiger partial charge in [0, 0.05) is 30.3 Å². The maximum atomic E-state index is 12.8. The van der Waals surface area contributed by atoms with Crippen molar-refractivity contribution in [2.24, 2.45) is 0 Å². The highest BCUT2D eigenvalue weighted by atomic mass is 16.5. The maximum absolute atomic E-state index is 12.8. The summed E-state index contributed by atoms with van der Waals surface area (Å²) in [6.07, 6.45) is 5.44. The van der Waals surface area contributed by atoms with Gasteiger partial charge in [0.1, 0.15) is 5.82 Å². The molecule has 1 aliphatic rings. The van der Waals surface area contributed by atoms with Crippen molar-refractivity contribution in [1.29, 1.82) is 0 Å². The van der Waals surface area contributed by atoms with Crippen LogP contribution in [0.4, 0.5) is 5.69 Å². The van der Waals surface area contributed by atoms with E-state index in [9.17, 15) is 4.79 Å². The van der Waals surface area contributed by atoms with Crippen LogP contribution in [-0.2, 0) is 13.0 Å². The Morgan fingerprint density at radius 2 is 1.89 bits per heavy atom. The zero-order valence-corrected chi connectivity index (χ0v) is 16.1. The minimum atomic E-state index is -0.211. The van der Waals surface area contributed by atoms with Gasteiger partial charge in [-0.2, -0.15) is 0 Å². The van der Waals surface area contributed by atoms with E-state index in [1.807, 2.05) is 24.3 Å². The summed E-state index contributed by atoms with van der Waals surface area (Å²) in [6, 6.07) is 12.9. The largest absolute Gasteiger partial charge is 0.493 e. The normalized spacial score (nSPS) is 12.9. The topological polar surface area (TPSA) is 65.4 Å². The van der Waals surface area contributed by atoms with Crippen LogP contribution in [0.1, 0.15) is 29.0 Å². The second kappa shape index (κ2) is 7.76. The predicted octanol–water partition coefficient (Wildman–Crippen LogP) is 4.16. The molecule has 6 nitrogen and oxygen atoms in total. The summed E-state index contributed by atoms with van der Waals surface area (Å²) in [5.74, 6) is 2.01. The molecule has 0 fully saturated rings. The van der Waals surface area contributed by atoms with Crippen LogP contribution < -0.4 is 14.8 Å². The number of aryl methyl sites for hydroxylation is 2. The third kappa shape index (κ3) is 3.45. The lowest BCUT2D eigenvalue weighted by atomic mass is 10.1. The summed E-state index contributed by atoms with van der Waals surface area (Å²) < 4.78 is 12.8. The third-order valence-corrected chi connectivity index (χ3v) is 5.01. The number of amides is 1. The summed E-state index contributed by atoms with van der Waals surface area (Å²) in [5.41, 5.74) is 3.03. The molecule has 2 heterocycles. The first-order valence-electron chi connectivity index (χ1n) is 9.38. The lowest BCUT2D eigenvalue weighted by Gasteiger charge is -2.12. The second-order valence-electron chi connectivity index (χ2n) is 6.76. The van der Waals surface area contributed by atoms with Crippen LogP contribution in [0, 0.1) is 0 Å². The number of nitrogens with zero attached hydrogens (tertiary/aromatic N) is 2. The number of fused-ring (bicyclic) bond motifs is 1. The molecule has 1 aliphatic heterocycles. The number of hydrogen-bond donors (Lipinski definition) is 1. The van der Waals surface area contributed by atoms with Crippen molar-refractivity contribution in [3.05, 3.63) is 60.0 Å². The van der Waals surface area contributed by atoms with Crippen molar-refractivity contribution in [2.75, 3.05) is 19.5 Å². The summed E-state index contributed by atoms with van der Waals surface area (Å²) in [7, 11) is 3.12. The van der Waals surface area contributed by atoms with Crippen LogP contribution in [0.3, 0.4) is 0 Å². The van der Waals surface area contributed by atoms with Crippen LogP contribution in [0.25, 0.3) is 11.3 Å². The van der Waals surface area contributed by atoms with Gasteiger partial charge in [-0.25, -0.2) is 4.98 Å². The van der Waals surface area contributed by atoms with Crippen molar-refractivity contribution in [2.45, 2.75) is 25.8 Å². The number of para-hydroxylation sites is 1. The zero-order valence-electron chi connectivity index (χ0n) is 16.1. The monoisotopic (exact) mass is 377 g/mol. The molecule has 0 spiro atoms. The average Bonchev–Trinajstić information content (AvgIpc) is 3.17. The molecule has 0 aliphatic carbocycles. The Bertz CT molecular complexity index is 987. The van der Waals surface area contributed by atoms with Gasteiger partial charge in [-0.3, -0.25) is 4.79 Å². The summed E-state index contributed by atoms with van der Waals surface area (Å²) >= 11 is 0. The first-order valence-corrected chi connectivity index (χ1v) is 9.38. The van der Waals surface area contributed by atoms with Crippen LogP contribution >= 0.6 is 0 Å². The number of nitrogens with one attached hydrogen (secondary N) is 1. The summed E-state index contributed by atoms with van der Waals surface area (Å²) in [6.45, 7) is 1.00. The molecule has 1 aromatic heterocycles. The molecule has 144 valence electrons. The number of aromatic nitrogens is 2. The zero-order chi connectivity index (χ0) is 19.5. The van der Waals surface area contributed by atoms with E-state index in [4.69, 9.17) is 14.5 Å². The lowest BCUT2D eigenvalue weighted by Crippen LogP contribution is -2.13. The first-order chi connectivity index (χ1) is 13.7. The SMILES string of the molecule is COc1ccc(C(=O)Nc2ccccc2-c2cn3c(n2)CCCC3)cc1OC. The van der Waals surface area contributed by atoms with E-state index in [0.29, 0.717) is 17.1 Å². The molecule has 0 bridgehead atoms. The maximum Gasteiger partial charge on any atom is 0.255 e. The molecule has 2 aromatic carbocycles. The Morgan fingerprint density at radius 3 is 2.68 bits per heavy atom. The molecule has 0 saturated carbocycles. The molecule has 6 heteroatoms. The molecular formula is C22H23N3O3. The fraction of sp³-hybridized carbons (Fsp3) is 0.273. The van der Waals surface area contributed by atoms with E-state index < -0.39 is 0 Å². The third-order valence-electron chi connectivity index (χ3n) is 5.01. The molecule has 4 rings (SSSR count). The number of carbonyl (C=O) groups excluding carboxylic acids is 1. The molecule has 3 aromatic rings. The number of carbonyl (C=O) groups is 1. The van der Waals surface area contributed by atoms with E-state index >= 15 is 0 Å². The van der Waals surface area contributed by atoms with Gasteiger partial charge in [-0.05, 0) is 37.1 Å². The smallest absolute Gasteiger partial charge is 0.255 e. The molecule has 0 unspecified atom stereocenters. The van der Waals surface area contributed by atoms with Crippen LogP contribution in [0.5, 0.6) is 11.5 Å². The predicted molar refractivity (Wildman–Crippen MR) is 108 cm³/mol. The van der Waals surface area contributed by atoms with Crippen LogP contribution in [0.15, 0.2) is 48.7 Å². The fourth-order valence-electron chi connectivity index (χ4n) is 3.53. The standard InChI is InChI=1S/C22H23N3O3/c1-27-19-11-10-15(13-20(19)28-2)22(26)24-17-8-4-3-7-16(17)18-14-25-12-6-5-9-21(25)23-18/h3-4,7-8,10-11,13-14H,5-6,9,12H2,1-2H3,(H,24,26). The van der Waals surface area contributed by atoms with Crippen molar-refractivity contribution in [3.8, 4) is 22.8 Å². The van der Waals surface area contributed by atoms with Gasteiger partial charge in [0.2, 0.25) is 0 Å². The minimum absolute atomic E-state index is 0.211. The highest BCUT2D eigenvalue weighted by molar-refractivity contribution is 6.06. The van der Waals surface area contributed by atoms with Gasteiger partial charge >= 0.3 is 0 Å². The average molecular weight is 377 g/mol. The molecular weight excluding hydrogens is 354 g/mol.